The number of rotatable bonds is 3. The smallest absolute Gasteiger partial charge is 0.0304 e. The van der Waals surface area contributed by atoms with E-state index in [2.05, 4.69) is 12.4 Å². The lowest BCUT2D eigenvalue weighted by atomic mass is 9.74. The van der Waals surface area contributed by atoms with Crippen molar-refractivity contribution in [2.24, 2.45) is 17.6 Å². The van der Waals surface area contributed by atoms with Gasteiger partial charge in [0.15, 0.2) is 0 Å². The van der Waals surface area contributed by atoms with Gasteiger partial charge in [-0.3, -0.25) is 0 Å². The zero-order valence-corrected chi connectivity index (χ0v) is 8.68. The van der Waals surface area contributed by atoms with Crippen LogP contribution < -0.4 is 11.1 Å². The SMILES string of the molecule is CNC1(CN)CCCC(C2CC2)C1. The summed E-state index contributed by atoms with van der Waals surface area (Å²) < 4.78 is 0. The Balaban J connectivity index is 1.96. The van der Waals surface area contributed by atoms with E-state index in [-0.39, 0.29) is 5.54 Å². The summed E-state index contributed by atoms with van der Waals surface area (Å²) in [5, 5.41) is 3.45. The molecule has 2 atom stereocenters. The summed E-state index contributed by atoms with van der Waals surface area (Å²) in [6, 6.07) is 0. The fourth-order valence-electron chi connectivity index (χ4n) is 2.89. The maximum atomic E-state index is 5.87. The first-order chi connectivity index (χ1) is 6.29. The number of likely N-dealkylation sites (N-methyl/N-ethyl adjacent to an activating group) is 1. The summed E-state index contributed by atoms with van der Waals surface area (Å²) >= 11 is 0. The van der Waals surface area contributed by atoms with Crippen molar-refractivity contribution in [1.82, 2.24) is 5.32 Å². The molecule has 2 saturated carbocycles. The van der Waals surface area contributed by atoms with Crippen LogP contribution in [0.4, 0.5) is 0 Å². The second-order valence-electron chi connectivity index (χ2n) is 4.93. The molecule has 0 aliphatic heterocycles. The Morgan fingerprint density at radius 3 is 2.62 bits per heavy atom. The van der Waals surface area contributed by atoms with E-state index < -0.39 is 0 Å². The quantitative estimate of drug-likeness (QED) is 0.694. The third-order valence-corrected chi connectivity index (χ3v) is 4.09. The minimum atomic E-state index is 0.283. The first-order valence-electron chi connectivity index (χ1n) is 5.69. The van der Waals surface area contributed by atoms with Gasteiger partial charge in [0.05, 0.1) is 0 Å². The molecule has 2 aliphatic carbocycles. The van der Waals surface area contributed by atoms with Crippen molar-refractivity contribution in [3.8, 4) is 0 Å². The lowest BCUT2D eigenvalue weighted by Crippen LogP contribution is -2.52. The van der Waals surface area contributed by atoms with Gasteiger partial charge >= 0.3 is 0 Å². The van der Waals surface area contributed by atoms with E-state index >= 15 is 0 Å². The van der Waals surface area contributed by atoms with E-state index in [1.54, 1.807) is 0 Å². The molecule has 3 N–H and O–H groups in total. The number of hydrogen-bond acceptors (Lipinski definition) is 2. The van der Waals surface area contributed by atoms with Crippen LogP contribution in [0.5, 0.6) is 0 Å². The monoisotopic (exact) mass is 182 g/mol. The first-order valence-corrected chi connectivity index (χ1v) is 5.69. The maximum Gasteiger partial charge on any atom is 0.0304 e. The number of hydrogen-bond donors (Lipinski definition) is 2. The van der Waals surface area contributed by atoms with Crippen LogP contribution in [-0.4, -0.2) is 19.1 Å². The molecule has 2 rings (SSSR count). The average Bonchev–Trinajstić information content (AvgIpc) is 3.01. The summed E-state index contributed by atoms with van der Waals surface area (Å²) in [6.07, 6.45) is 8.39. The highest BCUT2D eigenvalue weighted by Crippen LogP contribution is 2.46. The molecule has 2 aliphatic rings. The van der Waals surface area contributed by atoms with Crippen LogP contribution in [0.3, 0.4) is 0 Å². The van der Waals surface area contributed by atoms with Gasteiger partial charge in [0.2, 0.25) is 0 Å². The van der Waals surface area contributed by atoms with Crippen molar-refractivity contribution in [2.45, 2.75) is 44.1 Å². The summed E-state index contributed by atoms with van der Waals surface area (Å²) in [6.45, 7) is 0.812. The largest absolute Gasteiger partial charge is 0.329 e. The Morgan fingerprint density at radius 1 is 1.31 bits per heavy atom. The van der Waals surface area contributed by atoms with E-state index in [1.165, 1.54) is 38.5 Å². The lowest BCUT2D eigenvalue weighted by molar-refractivity contribution is 0.179. The van der Waals surface area contributed by atoms with Crippen molar-refractivity contribution in [1.29, 1.82) is 0 Å². The lowest BCUT2D eigenvalue weighted by Gasteiger charge is -2.40. The highest BCUT2D eigenvalue weighted by Gasteiger charge is 2.40. The van der Waals surface area contributed by atoms with Crippen LogP contribution in [0.25, 0.3) is 0 Å². The van der Waals surface area contributed by atoms with Gasteiger partial charge in [0.1, 0.15) is 0 Å². The normalized spacial score (nSPS) is 40.6. The minimum Gasteiger partial charge on any atom is -0.329 e. The van der Waals surface area contributed by atoms with E-state index in [0.717, 1.165) is 18.4 Å². The third kappa shape index (κ3) is 1.89. The van der Waals surface area contributed by atoms with E-state index in [4.69, 9.17) is 5.73 Å². The molecule has 0 aromatic heterocycles. The fourth-order valence-corrected chi connectivity index (χ4v) is 2.89. The molecule has 2 heteroatoms. The fraction of sp³-hybridized carbons (Fsp3) is 1.00. The van der Waals surface area contributed by atoms with E-state index in [0.29, 0.717) is 0 Å². The number of nitrogens with two attached hydrogens (primary N) is 1. The topological polar surface area (TPSA) is 38.0 Å². The van der Waals surface area contributed by atoms with Gasteiger partial charge in [0, 0.05) is 12.1 Å². The molecular weight excluding hydrogens is 160 g/mol. The van der Waals surface area contributed by atoms with E-state index in [9.17, 15) is 0 Å². The van der Waals surface area contributed by atoms with Crippen molar-refractivity contribution in [2.75, 3.05) is 13.6 Å². The molecule has 0 bridgehead atoms. The maximum absolute atomic E-state index is 5.87. The van der Waals surface area contributed by atoms with Gasteiger partial charge in [-0.25, -0.2) is 0 Å². The molecule has 13 heavy (non-hydrogen) atoms. The van der Waals surface area contributed by atoms with Crippen LogP contribution in [0.2, 0.25) is 0 Å². The van der Waals surface area contributed by atoms with Crippen molar-refractivity contribution in [3.63, 3.8) is 0 Å². The van der Waals surface area contributed by atoms with Gasteiger partial charge < -0.3 is 11.1 Å². The molecule has 2 fully saturated rings. The highest BCUT2D eigenvalue weighted by atomic mass is 15.0. The highest BCUT2D eigenvalue weighted by molar-refractivity contribution is 4.97. The van der Waals surface area contributed by atoms with Gasteiger partial charge in [-0.1, -0.05) is 12.8 Å². The molecule has 2 nitrogen and oxygen atoms in total. The predicted molar refractivity (Wildman–Crippen MR) is 55.5 cm³/mol. The molecule has 76 valence electrons. The zero-order chi connectivity index (χ0) is 9.31. The Hall–Kier alpha value is -0.0800. The Morgan fingerprint density at radius 2 is 2.08 bits per heavy atom. The molecular formula is C11H22N2. The van der Waals surface area contributed by atoms with Crippen LogP contribution in [0, 0.1) is 11.8 Å². The second-order valence-corrected chi connectivity index (χ2v) is 4.93. The Kier molecular flexibility index (Phi) is 2.61. The van der Waals surface area contributed by atoms with Crippen LogP contribution in [0.1, 0.15) is 38.5 Å². The molecule has 0 heterocycles. The summed E-state index contributed by atoms with van der Waals surface area (Å²) in [5.41, 5.74) is 6.15. The Labute approximate surface area is 81.3 Å². The van der Waals surface area contributed by atoms with Crippen molar-refractivity contribution >= 4 is 0 Å². The summed E-state index contributed by atoms with van der Waals surface area (Å²) in [4.78, 5) is 0. The van der Waals surface area contributed by atoms with Gasteiger partial charge in [-0.15, -0.1) is 0 Å². The van der Waals surface area contributed by atoms with Gasteiger partial charge in [-0.05, 0) is 44.6 Å². The van der Waals surface area contributed by atoms with E-state index in [1.807, 2.05) is 0 Å². The predicted octanol–water partition coefficient (Wildman–Crippen LogP) is 1.50. The second kappa shape index (κ2) is 3.58. The Bertz CT molecular complexity index is 171. The van der Waals surface area contributed by atoms with Crippen molar-refractivity contribution in [3.05, 3.63) is 0 Å². The summed E-state index contributed by atoms with van der Waals surface area (Å²) in [7, 11) is 2.07. The molecule has 0 radical (unpaired) electrons. The first kappa shape index (κ1) is 9.47. The van der Waals surface area contributed by atoms with Crippen LogP contribution in [-0.2, 0) is 0 Å². The number of nitrogens with one attached hydrogen (secondary N) is 1. The minimum absolute atomic E-state index is 0.283. The van der Waals surface area contributed by atoms with Crippen LogP contribution >= 0.6 is 0 Å². The van der Waals surface area contributed by atoms with Crippen molar-refractivity contribution < 1.29 is 0 Å². The standard InChI is InChI=1S/C11H22N2/c1-13-11(8-12)6-2-3-10(7-11)9-4-5-9/h9-10,13H,2-8,12H2,1H3. The molecule has 2 unspecified atom stereocenters. The third-order valence-electron chi connectivity index (χ3n) is 4.09. The molecule has 0 spiro atoms. The molecule has 0 aromatic rings. The molecule has 0 saturated heterocycles. The zero-order valence-electron chi connectivity index (χ0n) is 8.68. The van der Waals surface area contributed by atoms with Crippen LogP contribution in [0.15, 0.2) is 0 Å². The summed E-state index contributed by atoms with van der Waals surface area (Å²) in [5.74, 6) is 2.03. The average molecular weight is 182 g/mol. The molecule has 0 amide bonds. The van der Waals surface area contributed by atoms with Gasteiger partial charge in [0.25, 0.3) is 0 Å². The van der Waals surface area contributed by atoms with Gasteiger partial charge in [-0.2, -0.15) is 0 Å². The molecule has 0 aromatic carbocycles.